The Morgan fingerprint density at radius 1 is 1.39 bits per heavy atom. The Morgan fingerprint density at radius 2 is 2.00 bits per heavy atom. The number of carboxylic acid groups (broad SMARTS) is 1. The number of carbonyl (C=O) groups is 1. The summed E-state index contributed by atoms with van der Waals surface area (Å²) in [6.07, 6.45) is -1.23. The van der Waals surface area contributed by atoms with Crippen LogP contribution in [0.15, 0.2) is 19.5 Å². The molecule has 1 aromatic rings. The van der Waals surface area contributed by atoms with E-state index in [4.69, 9.17) is 22.1 Å². The summed E-state index contributed by atoms with van der Waals surface area (Å²) in [6, 6.07) is 1.71. The second-order valence-electron chi connectivity index (χ2n) is 2.95. The van der Waals surface area contributed by atoms with Crippen LogP contribution in [-0.4, -0.2) is 23.4 Å². The maximum Gasteiger partial charge on any atom is 0.410 e. The molecule has 0 saturated carbocycles. The summed E-state index contributed by atoms with van der Waals surface area (Å²) in [5, 5.41) is 13.3. The molecule has 1 amide bonds. The van der Waals surface area contributed by atoms with Crippen molar-refractivity contribution in [3.05, 3.63) is 19.5 Å². The van der Waals surface area contributed by atoms with Gasteiger partial charge in [-0.3, -0.25) is 5.32 Å². The second kappa shape index (κ2) is 6.69. The summed E-state index contributed by atoms with van der Waals surface area (Å²) in [7, 11) is 1.54. The van der Waals surface area contributed by atoms with Gasteiger partial charge in [0, 0.05) is 0 Å². The molecule has 0 aliphatic heterocycles. The lowest BCUT2D eigenvalue weighted by atomic mass is 10.3. The number of hydrogen-bond donors (Lipinski definition) is 3. The van der Waals surface area contributed by atoms with Crippen LogP contribution in [0.25, 0.3) is 0 Å². The molecule has 0 saturated heterocycles. The number of rotatable bonds is 2. The van der Waals surface area contributed by atoms with Gasteiger partial charge in [-0.15, -0.1) is 0 Å². The van der Waals surface area contributed by atoms with Gasteiger partial charge in [0.25, 0.3) is 0 Å². The molecule has 9 heteroatoms. The van der Waals surface area contributed by atoms with Gasteiger partial charge in [-0.05, 0) is 66.1 Å². The predicted molar refractivity (Wildman–Crippen MR) is 83.5 cm³/mol. The van der Waals surface area contributed by atoms with Crippen molar-refractivity contribution >= 4 is 76.9 Å². The van der Waals surface area contributed by atoms with E-state index in [0.29, 0.717) is 24.9 Å². The first-order valence-corrected chi connectivity index (χ1v) is 7.18. The van der Waals surface area contributed by atoms with Gasteiger partial charge in [0.15, 0.2) is 5.11 Å². The van der Waals surface area contributed by atoms with Crippen LogP contribution < -0.4 is 15.4 Å². The van der Waals surface area contributed by atoms with Crippen LogP contribution in [0, 0.1) is 0 Å². The average Bonchev–Trinajstić information content (AvgIpc) is 2.25. The minimum atomic E-state index is -1.23. The molecule has 3 N–H and O–H groups in total. The van der Waals surface area contributed by atoms with Crippen molar-refractivity contribution in [1.82, 2.24) is 5.32 Å². The largest absolute Gasteiger partial charge is 0.494 e. The van der Waals surface area contributed by atoms with E-state index in [1.807, 2.05) is 5.32 Å². The lowest BCUT2D eigenvalue weighted by molar-refractivity contribution is 0.200. The first-order chi connectivity index (χ1) is 8.36. The van der Waals surface area contributed by atoms with E-state index >= 15 is 0 Å². The lowest BCUT2D eigenvalue weighted by Crippen LogP contribution is -2.32. The molecule has 0 spiro atoms. The van der Waals surface area contributed by atoms with Crippen LogP contribution in [0.3, 0.4) is 0 Å². The first kappa shape index (κ1) is 15.7. The molecular formula is C9H7Br3N2O3S. The summed E-state index contributed by atoms with van der Waals surface area (Å²) < 4.78 is 7.23. The summed E-state index contributed by atoms with van der Waals surface area (Å²) in [4.78, 5) is 10.4. The Labute approximate surface area is 134 Å². The van der Waals surface area contributed by atoms with E-state index in [0.717, 1.165) is 0 Å². The zero-order chi connectivity index (χ0) is 13.9. The molecule has 1 rings (SSSR count). The van der Waals surface area contributed by atoms with Crippen LogP contribution in [0.2, 0.25) is 0 Å². The van der Waals surface area contributed by atoms with E-state index in [-0.39, 0.29) is 5.11 Å². The highest BCUT2D eigenvalue weighted by Gasteiger charge is 2.15. The zero-order valence-corrected chi connectivity index (χ0v) is 14.5. The number of amides is 1. The van der Waals surface area contributed by atoms with Gasteiger partial charge in [0.2, 0.25) is 0 Å². The van der Waals surface area contributed by atoms with Gasteiger partial charge in [-0.1, -0.05) is 0 Å². The number of halogens is 3. The Morgan fingerprint density at radius 3 is 2.50 bits per heavy atom. The van der Waals surface area contributed by atoms with Crippen molar-refractivity contribution in [2.45, 2.75) is 0 Å². The molecule has 0 atom stereocenters. The van der Waals surface area contributed by atoms with Crippen LogP contribution in [-0.2, 0) is 0 Å². The highest BCUT2D eigenvalue weighted by molar-refractivity contribution is 9.13. The van der Waals surface area contributed by atoms with Crippen LogP contribution in [0.4, 0.5) is 10.5 Å². The molecule has 18 heavy (non-hydrogen) atoms. The quantitative estimate of drug-likeness (QED) is 0.458. The topological polar surface area (TPSA) is 70.6 Å². The van der Waals surface area contributed by atoms with Crippen molar-refractivity contribution in [2.24, 2.45) is 0 Å². The number of anilines is 1. The third-order valence-corrected chi connectivity index (χ3v) is 4.69. The Bertz CT molecular complexity index is 510. The SMILES string of the molecule is COc1c(Br)cc(NC(=S)NC(=O)O)c(Br)c1Br. The van der Waals surface area contributed by atoms with Gasteiger partial charge in [-0.25, -0.2) is 4.79 Å². The molecule has 0 fully saturated rings. The van der Waals surface area contributed by atoms with Crippen LogP contribution in [0.1, 0.15) is 0 Å². The molecule has 0 bridgehead atoms. The van der Waals surface area contributed by atoms with Crippen molar-refractivity contribution in [3.8, 4) is 5.75 Å². The van der Waals surface area contributed by atoms with E-state index < -0.39 is 6.09 Å². The second-order valence-corrected chi connectivity index (χ2v) is 5.80. The summed E-state index contributed by atoms with van der Waals surface area (Å²) in [6.45, 7) is 0. The molecule has 5 nitrogen and oxygen atoms in total. The highest BCUT2D eigenvalue weighted by atomic mass is 79.9. The lowest BCUT2D eigenvalue weighted by Gasteiger charge is -2.14. The summed E-state index contributed by atoms with van der Waals surface area (Å²) >= 11 is 14.9. The Kier molecular flexibility index (Phi) is 5.83. The van der Waals surface area contributed by atoms with E-state index in [2.05, 4.69) is 53.1 Å². The fourth-order valence-corrected chi connectivity index (χ4v) is 3.14. The molecular weight excluding hydrogens is 456 g/mol. The molecule has 0 aromatic heterocycles. The molecule has 0 aliphatic carbocycles. The first-order valence-electron chi connectivity index (χ1n) is 4.39. The number of nitrogens with one attached hydrogen (secondary N) is 2. The maximum atomic E-state index is 10.4. The monoisotopic (exact) mass is 460 g/mol. The van der Waals surface area contributed by atoms with Gasteiger partial charge in [0.05, 0.1) is 26.2 Å². The average molecular weight is 463 g/mol. The summed E-state index contributed by atoms with van der Waals surface area (Å²) in [5.41, 5.74) is 0.591. The molecule has 0 aliphatic rings. The van der Waals surface area contributed by atoms with Crippen molar-refractivity contribution < 1.29 is 14.6 Å². The minimum Gasteiger partial charge on any atom is -0.494 e. The van der Waals surface area contributed by atoms with E-state index in [1.165, 1.54) is 0 Å². The minimum absolute atomic E-state index is 0.0211. The molecule has 0 heterocycles. The number of benzene rings is 1. The number of ether oxygens (including phenoxy) is 1. The Hall–Kier alpha value is -0.380. The fraction of sp³-hybridized carbons (Fsp3) is 0.111. The van der Waals surface area contributed by atoms with E-state index in [1.54, 1.807) is 13.2 Å². The van der Waals surface area contributed by atoms with Crippen LogP contribution >= 0.6 is 60.0 Å². The third kappa shape index (κ3) is 3.81. The number of thiocarbonyl (C=S) groups is 1. The highest BCUT2D eigenvalue weighted by Crippen LogP contribution is 2.43. The van der Waals surface area contributed by atoms with Gasteiger partial charge < -0.3 is 15.2 Å². The van der Waals surface area contributed by atoms with Crippen molar-refractivity contribution in [1.29, 1.82) is 0 Å². The summed E-state index contributed by atoms with van der Waals surface area (Å²) in [5.74, 6) is 0.615. The van der Waals surface area contributed by atoms with Gasteiger partial charge >= 0.3 is 6.09 Å². The molecule has 0 unspecified atom stereocenters. The standard InChI is InChI=1S/C9H7Br3N2O3S/c1-17-7-3(10)2-4(5(11)6(7)12)13-8(18)14-9(15)16/h2H,1H3,(H,15,16)(H2,13,14,18). The molecule has 0 radical (unpaired) electrons. The maximum absolute atomic E-state index is 10.4. The van der Waals surface area contributed by atoms with Gasteiger partial charge in [-0.2, -0.15) is 0 Å². The van der Waals surface area contributed by atoms with Crippen molar-refractivity contribution in [2.75, 3.05) is 12.4 Å². The van der Waals surface area contributed by atoms with E-state index in [9.17, 15) is 4.79 Å². The van der Waals surface area contributed by atoms with Crippen molar-refractivity contribution in [3.63, 3.8) is 0 Å². The number of methoxy groups -OCH3 is 1. The molecule has 98 valence electrons. The Balaban J connectivity index is 3.04. The number of hydrogen-bond acceptors (Lipinski definition) is 3. The normalized spacial score (nSPS) is 9.78. The fourth-order valence-electron chi connectivity index (χ4n) is 1.11. The van der Waals surface area contributed by atoms with Gasteiger partial charge in [0.1, 0.15) is 5.75 Å². The zero-order valence-electron chi connectivity index (χ0n) is 8.88. The predicted octanol–water partition coefficient (Wildman–Crippen LogP) is 3.95. The van der Waals surface area contributed by atoms with Crippen LogP contribution in [0.5, 0.6) is 5.75 Å². The smallest absolute Gasteiger partial charge is 0.410 e. The third-order valence-electron chi connectivity index (χ3n) is 1.79. The molecule has 1 aromatic carbocycles.